The predicted octanol–water partition coefficient (Wildman–Crippen LogP) is 5.73. The highest BCUT2D eigenvalue weighted by Crippen LogP contribution is 2.17. The van der Waals surface area contributed by atoms with Gasteiger partial charge in [0.2, 0.25) is 11.8 Å². The Hall–Kier alpha value is -5.44. The summed E-state index contributed by atoms with van der Waals surface area (Å²) in [5.74, 6) is -0.840. The molecule has 0 saturated heterocycles. The first-order valence-corrected chi connectivity index (χ1v) is 15.8. The highest BCUT2D eigenvalue weighted by molar-refractivity contribution is 5.92. The first-order valence-electron chi connectivity index (χ1n) is 15.8. The van der Waals surface area contributed by atoms with Crippen molar-refractivity contribution in [1.29, 1.82) is 0 Å². The minimum absolute atomic E-state index is 0.0361. The third kappa shape index (κ3) is 10.8. The normalized spacial score (nSPS) is 11.9. The Balaban J connectivity index is 1.41. The Labute approximate surface area is 275 Å². The number of carbonyl (C=O) groups excluding carboxylic acids is 4. The number of aryl methyl sites for hydroxylation is 1. The Morgan fingerprint density at radius 2 is 1.34 bits per heavy atom. The van der Waals surface area contributed by atoms with Gasteiger partial charge in [-0.25, -0.2) is 9.59 Å². The van der Waals surface area contributed by atoms with Crippen LogP contribution < -0.4 is 15.4 Å². The van der Waals surface area contributed by atoms with E-state index in [1.54, 1.807) is 62.4 Å². The summed E-state index contributed by atoms with van der Waals surface area (Å²) in [6.45, 7) is 4.22. The van der Waals surface area contributed by atoms with Gasteiger partial charge in [-0.2, -0.15) is 0 Å². The summed E-state index contributed by atoms with van der Waals surface area (Å²) < 4.78 is 10.9. The molecule has 0 saturated carbocycles. The topological polar surface area (TPSA) is 114 Å². The lowest BCUT2D eigenvalue weighted by Gasteiger charge is -2.31. The van der Waals surface area contributed by atoms with Gasteiger partial charge in [-0.05, 0) is 67.6 Å². The number of nitrogens with zero attached hydrogens (tertiary/aromatic N) is 1. The van der Waals surface area contributed by atoms with Crippen LogP contribution >= 0.6 is 0 Å². The van der Waals surface area contributed by atoms with Crippen LogP contribution in [0.3, 0.4) is 0 Å². The number of nitrogens with one attached hydrogen (secondary N) is 2. The maximum atomic E-state index is 13.9. The number of alkyl carbamates (subject to hydrolysis) is 1. The van der Waals surface area contributed by atoms with Crippen molar-refractivity contribution in [2.75, 3.05) is 13.1 Å². The Morgan fingerprint density at radius 3 is 1.96 bits per heavy atom. The number of likely N-dealkylation sites (N-methyl/N-ethyl adjacent to an activating group) is 1. The van der Waals surface area contributed by atoms with Gasteiger partial charge in [-0.15, -0.1) is 0 Å². The summed E-state index contributed by atoms with van der Waals surface area (Å²) in [7, 11) is 0. The minimum Gasteiger partial charge on any atom is -0.445 e. The van der Waals surface area contributed by atoms with Crippen LogP contribution in [0, 0.1) is 0 Å². The van der Waals surface area contributed by atoms with Crippen LogP contribution in [0.2, 0.25) is 0 Å². The van der Waals surface area contributed by atoms with E-state index >= 15 is 0 Å². The highest BCUT2D eigenvalue weighted by atomic mass is 16.5. The maximum Gasteiger partial charge on any atom is 0.408 e. The number of rotatable bonds is 15. The molecule has 0 aliphatic carbocycles. The Bertz CT molecular complexity index is 1580. The number of amides is 3. The second-order valence-corrected chi connectivity index (χ2v) is 11.0. The van der Waals surface area contributed by atoms with Gasteiger partial charge in [0, 0.05) is 19.5 Å². The van der Waals surface area contributed by atoms with Gasteiger partial charge < -0.3 is 25.0 Å². The minimum atomic E-state index is -1.02. The van der Waals surface area contributed by atoms with Gasteiger partial charge >= 0.3 is 12.1 Å². The fraction of sp³-hybridized carbons (Fsp3) is 0.263. The van der Waals surface area contributed by atoms with Crippen LogP contribution in [0.25, 0.3) is 0 Å². The molecule has 0 bridgehead atoms. The molecule has 0 aliphatic rings. The average Bonchev–Trinajstić information content (AvgIpc) is 3.11. The first-order chi connectivity index (χ1) is 22.8. The van der Waals surface area contributed by atoms with Crippen molar-refractivity contribution >= 4 is 23.9 Å². The number of hydrogen-bond acceptors (Lipinski definition) is 6. The van der Waals surface area contributed by atoms with E-state index in [9.17, 15) is 19.2 Å². The molecule has 2 atom stereocenters. The van der Waals surface area contributed by atoms with E-state index in [4.69, 9.17) is 9.47 Å². The van der Waals surface area contributed by atoms with Crippen LogP contribution in [0.4, 0.5) is 4.79 Å². The molecule has 9 heteroatoms. The zero-order valence-electron chi connectivity index (χ0n) is 26.8. The van der Waals surface area contributed by atoms with Gasteiger partial charge in [0.05, 0.1) is 5.56 Å². The van der Waals surface area contributed by atoms with E-state index in [1.807, 2.05) is 66.7 Å². The second kappa shape index (κ2) is 17.9. The van der Waals surface area contributed by atoms with Gasteiger partial charge in [-0.1, -0.05) is 91.0 Å². The first kappa shape index (κ1) is 34.4. The molecule has 0 aliphatic heterocycles. The third-order valence-corrected chi connectivity index (χ3v) is 7.64. The fourth-order valence-electron chi connectivity index (χ4n) is 5.04. The summed E-state index contributed by atoms with van der Waals surface area (Å²) in [6.07, 6.45) is 0.951. The number of esters is 1. The van der Waals surface area contributed by atoms with Crippen LogP contribution in [-0.2, 0) is 33.8 Å². The summed E-state index contributed by atoms with van der Waals surface area (Å²) in [4.78, 5) is 53.8. The van der Waals surface area contributed by atoms with E-state index in [0.717, 1.165) is 18.4 Å². The number of carbonyl (C=O) groups is 4. The molecule has 0 radical (unpaired) electrons. The molecule has 0 unspecified atom stereocenters. The van der Waals surface area contributed by atoms with Gasteiger partial charge in [0.15, 0.2) is 0 Å². The summed E-state index contributed by atoms with van der Waals surface area (Å²) in [6, 6.07) is 32.8. The molecule has 0 heterocycles. The highest BCUT2D eigenvalue weighted by Gasteiger charge is 2.31. The molecular weight excluding hydrogens is 594 g/mol. The summed E-state index contributed by atoms with van der Waals surface area (Å²) in [5, 5.41) is 5.65. The maximum absolute atomic E-state index is 13.9. The summed E-state index contributed by atoms with van der Waals surface area (Å²) in [5.41, 5.74) is 3.13. The van der Waals surface area contributed by atoms with Gasteiger partial charge in [-0.3, -0.25) is 9.59 Å². The van der Waals surface area contributed by atoms with E-state index in [0.29, 0.717) is 23.4 Å². The van der Waals surface area contributed by atoms with Crippen LogP contribution in [-0.4, -0.2) is 54.0 Å². The molecule has 4 rings (SSSR count). The molecule has 4 aromatic rings. The van der Waals surface area contributed by atoms with Crippen molar-refractivity contribution in [2.45, 2.75) is 51.8 Å². The van der Waals surface area contributed by atoms with Gasteiger partial charge in [0.25, 0.3) is 0 Å². The molecule has 244 valence electrons. The molecule has 47 heavy (non-hydrogen) atoms. The molecule has 0 spiro atoms. The Morgan fingerprint density at radius 1 is 0.745 bits per heavy atom. The lowest BCUT2D eigenvalue weighted by atomic mass is 10.0. The van der Waals surface area contributed by atoms with E-state index in [-0.39, 0.29) is 25.5 Å². The number of ether oxygens (including phenoxy) is 2. The monoisotopic (exact) mass is 635 g/mol. The number of hydrogen-bond donors (Lipinski definition) is 2. The SMILES string of the molecule is CCN(C(=O)[C@H](Cc1ccc(OC(=O)c2ccccc2)cc1)NC(=O)OCc1ccccc1)[C@H](C)C(=O)NCCCc1ccccc1. The quantitative estimate of drug-likeness (QED) is 0.0980. The van der Waals surface area contributed by atoms with Crippen LogP contribution in [0.5, 0.6) is 5.75 Å². The van der Waals surface area contributed by atoms with Crippen molar-refractivity contribution < 1.29 is 28.7 Å². The molecule has 0 aromatic heterocycles. The molecule has 9 nitrogen and oxygen atoms in total. The van der Waals surface area contributed by atoms with Crippen LogP contribution in [0.1, 0.15) is 47.3 Å². The lowest BCUT2D eigenvalue weighted by molar-refractivity contribution is -0.141. The van der Waals surface area contributed by atoms with Crippen molar-refractivity contribution in [3.8, 4) is 5.75 Å². The predicted molar refractivity (Wildman–Crippen MR) is 180 cm³/mol. The third-order valence-electron chi connectivity index (χ3n) is 7.64. The smallest absolute Gasteiger partial charge is 0.408 e. The Kier molecular flexibility index (Phi) is 13.1. The molecule has 0 fully saturated rings. The average molecular weight is 636 g/mol. The van der Waals surface area contributed by atoms with Gasteiger partial charge in [0.1, 0.15) is 24.4 Å². The van der Waals surface area contributed by atoms with E-state index < -0.39 is 30.1 Å². The zero-order chi connectivity index (χ0) is 33.4. The zero-order valence-corrected chi connectivity index (χ0v) is 26.8. The summed E-state index contributed by atoms with van der Waals surface area (Å²) >= 11 is 0. The standard InChI is InChI=1S/C38H41N3O6/c1-3-41(28(2)35(42)39-25-13-18-29-14-7-4-8-15-29)36(43)34(40-38(45)46-27-31-16-9-5-10-17-31)26-30-21-23-33(24-22-30)47-37(44)32-19-11-6-12-20-32/h4-12,14-17,19-24,28,34H,3,13,18,25-27H2,1-2H3,(H,39,42)(H,40,45)/t28-,34+/m1/s1. The van der Waals surface area contributed by atoms with E-state index in [2.05, 4.69) is 10.6 Å². The van der Waals surface area contributed by atoms with E-state index in [1.165, 1.54) is 10.5 Å². The second-order valence-electron chi connectivity index (χ2n) is 11.0. The van der Waals surface area contributed by atoms with Crippen molar-refractivity contribution in [3.05, 3.63) is 138 Å². The molecule has 2 N–H and O–H groups in total. The molecular formula is C38H41N3O6. The largest absolute Gasteiger partial charge is 0.445 e. The molecule has 4 aromatic carbocycles. The fourth-order valence-corrected chi connectivity index (χ4v) is 5.04. The van der Waals surface area contributed by atoms with Crippen molar-refractivity contribution in [1.82, 2.24) is 15.5 Å². The molecule has 3 amide bonds. The van der Waals surface area contributed by atoms with Crippen molar-refractivity contribution in [2.24, 2.45) is 0 Å². The number of benzene rings is 4. The van der Waals surface area contributed by atoms with Crippen molar-refractivity contribution in [3.63, 3.8) is 0 Å². The lowest BCUT2D eigenvalue weighted by Crippen LogP contribution is -2.55. The van der Waals surface area contributed by atoms with Crippen LogP contribution in [0.15, 0.2) is 115 Å².